The van der Waals surface area contributed by atoms with Crippen molar-refractivity contribution in [3.8, 4) is 0 Å². The summed E-state index contributed by atoms with van der Waals surface area (Å²) in [6.45, 7) is 0. The summed E-state index contributed by atoms with van der Waals surface area (Å²) in [6.07, 6.45) is 2.37. The van der Waals surface area contributed by atoms with E-state index in [-0.39, 0.29) is 41.2 Å². The predicted octanol–water partition coefficient (Wildman–Crippen LogP) is 1.80. The number of halogens is 1. The fraction of sp³-hybridized carbons (Fsp3) is 0.368. The molecule has 1 aliphatic carbocycles. The monoisotopic (exact) mass is 403 g/mol. The highest BCUT2D eigenvalue weighted by Gasteiger charge is 2.36. The van der Waals surface area contributed by atoms with Gasteiger partial charge >= 0.3 is 11.9 Å². The van der Waals surface area contributed by atoms with Gasteiger partial charge in [0.25, 0.3) is 0 Å². The number of hydrogen-bond acceptors (Lipinski definition) is 5. The molecule has 1 aliphatic heterocycles. The van der Waals surface area contributed by atoms with Crippen LogP contribution in [0, 0.1) is 5.82 Å². The lowest BCUT2D eigenvalue weighted by molar-refractivity contribution is -0.137. The first-order chi connectivity index (χ1) is 13.7. The van der Waals surface area contributed by atoms with Gasteiger partial charge in [-0.25, -0.2) is 9.18 Å². The number of nitrogens with zero attached hydrogens (tertiary/aromatic N) is 2. The molecule has 0 saturated heterocycles. The number of fused-ring (bicyclic) bond motifs is 2. The molecule has 0 radical (unpaired) electrons. The molecule has 1 atom stereocenters. The topological polar surface area (TPSA) is 129 Å². The number of aliphatic carboxylic acids is 1. The molecule has 2 aromatic rings. The van der Waals surface area contributed by atoms with Gasteiger partial charge in [-0.15, -0.1) is 0 Å². The van der Waals surface area contributed by atoms with Crippen LogP contribution in [0.3, 0.4) is 0 Å². The Balaban J connectivity index is 1.95. The van der Waals surface area contributed by atoms with Crippen LogP contribution in [0.1, 0.15) is 42.1 Å². The molecule has 0 spiro atoms. The zero-order valence-electron chi connectivity index (χ0n) is 15.4. The van der Waals surface area contributed by atoms with Crippen LogP contribution in [-0.2, 0) is 9.59 Å². The van der Waals surface area contributed by atoms with Gasteiger partial charge in [-0.05, 0) is 25.3 Å². The number of aromatic nitrogens is 1. The van der Waals surface area contributed by atoms with Gasteiger partial charge in [0.2, 0.25) is 11.3 Å². The smallest absolute Gasteiger partial charge is 0.341 e. The third-order valence-electron chi connectivity index (χ3n) is 5.41. The molecule has 1 fully saturated rings. The standard InChI is InChI=1S/C19H18FN3O6/c1-22-12(4-5-13(24)25)18(27)21-11-6-9-15(14(20)16(11)22)23(8-2-3-8)7-10(17(9)26)19(28)29/h6-8,12H,2-5H2,1H3,(H,21,27)(H,24,25)(H,28,29). The Labute approximate surface area is 163 Å². The minimum Gasteiger partial charge on any atom is -0.481 e. The number of rotatable bonds is 5. The van der Waals surface area contributed by atoms with E-state index in [1.54, 1.807) is 0 Å². The number of likely N-dealkylation sites (N-methyl/N-ethyl adjacent to an activating group) is 1. The van der Waals surface area contributed by atoms with E-state index in [0.29, 0.717) is 0 Å². The molecule has 1 unspecified atom stereocenters. The van der Waals surface area contributed by atoms with Crippen LogP contribution in [-0.4, -0.2) is 45.7 Å². The van der Waals surface area contributed by atoms with Crippen LogP contribution < -0.4 is 15.6 Å². The lowest BCUT2D eigenvalue weighted by atomic mass is 10.0. The summed E-state index contributed by atoms with van der Waals surface area (Å²) in [5, 5.41) is 20.7. The van der Waals surface area contributed by atoms with Gasteiger partial charge in [0.1, 0.15) is 11.6 Å². The number of hydrogen-bond donors (Lipinski definition) is 3. The number of carbonyl (C=O) groups excluding carboxylic acids is 1. The number of amides is 1. The Morgan fingerprint density at radius 3 is 2.55 bits per heavy atom. The molecule has 1 aromatic carbocycles. The van der Waals surface area contributed by atoms with E-state index in [9.17, 15) is 24.3 Å². The second-order valence-electron chi connectivity index (χ2n) is 7.35. The van der Waals surface area contributed by atoms with E-state index in [2.05, 4.69) is 5.32 Å². The number of anilines is 2. The predicted molar refractivity (Wildman–Crippen MR) is 101 cm³/mol. The summed E-state index contributed by atoms with van der Waals surface area (Å²) in [5.74, 6) is -3.74. The maximum atomic E-state index is 15.6. The van der Waals surface area contributed by atoms with Crippen molar-refractivity contribution in [2.75, 3.05) is 17.3 Å². The van der Waals surface area contributed by atoms with Crippen LogP contribution >= 0.6 is 0 Å². The number of nitrogens with one attached hydrogen (secondary N) is 1. The molecule has 29 heavy (non-hydrogen) atoms. The highest BCUT2D eigenvalue weighted by Crippen LogP contribution is 2.42. The largest absolute Gasteiger partial charge is 0.481 e. The molecular formula is C19H18FN3O6. The van der Waals surface area contributed by atoms with Crippen LogP contribution in [0.25, 0.3) is 10.9 Å². The average Bonchev–Trinajstić information content (AvgIpc) is 3.46. The summed E-state index contributed by atoms with van der Waals surface area (Å²) in [7, 11) is 1.49. The van der Waals surface area contributed by atoms with E-state index < -0.39 is 40.7 Å². The second kappa shape index (κ2) is 6.57. The third kappa shape index (κ3) is 3.00. The summed E-state index contributed by atoms with van der Waals surface area (Å²) in [6, 6.07) is 0.309. The normalized spacial score (nSPS) is 18.5. The molecule has 1 saturated carbocycles. The van der Waals surface area contributed by atoms with Crippen molar-refractivity contribution in [3.63, 3.8) is 0 Å². The molecule has 1 amide bonds. The molecular weight excluding hydrogens is 385 g/mol. The number of carbonyl (C=O) groups is 3. The van der Waals surface area contributed by atoms with Crippen molar-refractivity contribution in [1.82, 2.24) is 4.57 Å². The van der Waals surface area contributed by atoms with Gasteiger partial charge in [-0.1, -0.05) is 0 Å². The van der Waals surface area contributed by atoms with E-state index in [1.807, 2.05) is 0 Å². The van der Waals surface area contributed by atoms with Crippen LogP contribution in [0.5, 0.6) is 0 Å². The maximum Gasteiger partial charge on any atom is 0.341 e. The van der Waals surface area contributed by atoms with E-state index in [4.69, 9.17) is 5.11 Å². The number of pyridine rings is 1. The Morgan fingerprint density at radius 1 is 1.28 bits per heavy atom. The zero-order valence-corrected chi connectivity index (χ0v) is 15.4. The van der Waals surface area contributed by atoms with Gasteiger partial charge < -0.3 is 25.0 Å². The van der Waals surface area contributed by atoms with Crippen LogP contribution in [0.2, 0.25) is 0 Å². The molecule has 4 rings (SSSR count). The first kappa shape index (κ1) is 18.9. The van der Waals surface area contributed by atoms with Crippen molar-refractivity contribution >= 4 is 40.1 Å². The molecule has 2 aliphatic rings. The Morgan fingerprint density at radius 2 is 1.97 bits per heavy atom. The minimum absolute atomic E-state index is 0.0119. The molecule has 10 heteroatoms. The van der Waals surface area contributed by atoms with Gasteiger partial charge in [0, 0.05) is 25.7 Å². The zero-order chi connectivity index (χ0) is 21.0. The molecule has 2 heterocycles. The van der Waals surface area contributed by atoms with E-state index in [0.717, 1.165) is 12.8 Å². The summed E-state index contributed by atoms with van der Waals surface area (Å²) >= 11 is 0. The highest BCUT2D eigenvalue weighted by molar-refractivity contribution is 6.07. The SMILES string of the molecule is CN1c2c(cc3c(=O)c(C(=O)O)cn(C4CC4)c3c2F)NC(=O)C1CCC(=O)O. The Kier molecular flexibility index (Phi) is 4.29. The second-order valence-corrected chi connectivity index (χ2v) is 7.35. The molecule has 1 aromatic heterocycles. The van der Waals surface area contributed by atoms with Gasteiger partial charge in [0.15, 0.2) is 5.82 Å². The Hall–Kier alpha value is -3.43. The van der Waals surface area contributed by atoms with Gasteiger partial charge in [-0.2, -0.15) is 0 Å². The minimum atomic E-state index is -1.40. The number of benzene rings is 1. The number of carboxylic acids is 2. The quantitative estimate of drug-likeness (QED) is 0.694. The van der Waals surface area contributed by atoms with Crippen molar-refractivity contribution < 1.29 is 29.0 Å². The lowest BCUT2D eigenvalue weighted by Crippen LogP contribution is -2.46. The highest BCUT2D eigenvalue weighted by atomic mass is 19.1. The number of carboxylic acid groups (broad SMARTS) is 2. The Bertz CT molecular complexity index is 1140. The third-order valence-corrected chi connectivity index (χ3v) is 5.41. The van der Waals surface area contributed by atoms with Crippen molar-refractivity contribution in [2.45, 2.75) is 37.8 Å². The molecule has 3 N–H and O–H groups in total. The van der Waals surface area contributed by atoms with Crippen molar-refractivity contribution in [1.29, 1.82) is 0 Å². The lowest BCUT2D eigenvalue weighted by Gasteiger charge is -2.35. The van der Waals surface area contributed by atoms with Crippen LogP contribution in [0.4, 0.5) is 15.8 Å². The van der Waals surface area contributed by atoms with Crippen molar-refractivity contribution in [3.05, 3.63) is 33.9 Å². The maximum absolute atomic E-state index is 15.6. The van der Waals surface area contributed by atoms with Crippen molar-refractivity contribution in [2.24, 2.45) is 0 Å². The first-order valence-electron chi connectivity index (χ1n) is 9.10. The fourth-order valence-electron chi connectivity index (χ4n) is 3.83. The van der Waals surface area contributed by atoms with Gasteiger partial charge in [0.05, 0.1) is 22.3 Å². The summed E-state index contributed by atoms with van der Waals surface area (Å²) in [4.78, 5) is 48.8. The summed E-state index contributed by atoms with van der Waals surface area (Å²) < 4.78 is 17.1. The average molecular weight is 403 g/mol. The first-order valence-corrected chi connectivity index (χ1v) is 9.10. The van der Waals surface area contributed by atoms with E-state index in [1.165, 1.54) is 28.8 Å². The molecule has 152 valence electrons. The summed E-state index contributed by atoms with van der Waals surface area (Å²) in [5.41, 5.74) is -1.20. The van der Waals surface area contributed by atoms with Crippen LogP contribution in [0.15, 0.2) is 17.1 Å². The van der Waals surface area contributed by atoms with E-state index >= 15 is 4.39 Å². The number of aromatic carboxylic acids is 1. The fourth-order valence-corrected chi connectivity index (χ4v) is 3.83. The van der Waals surface area contributed by atoms with Gasteiger partial charge in [-0.3, -0.25) is 14.4 Å². The molecule has 0 bridgehead atoms. The molecule has 9 nitrogen and oxygen atoms in total.